The van der Waals surface area contributed by atoms with Gasteiger partial charge in [0.2, 0.25) is 5.78 Å². The summed E-state index contributed by atoms with van der Waals surface area (Å²) in [6.45, 7) is 3.07. The lowest BCUT2D eigenvalue weighted by Crippen LogP contribution is -2.61. The van der Waals surface area contributed by atoms with Gasteiger partial charge >= 0.3 is 5.97 Å². The second kappa shape index (κ2) is 9.67. The van der Waals surface area contributed by atoms with Gasteiger partial charge in [-0.3, -0.25) is 9.59 Å². The summed E-state index contributed by atoms with van der Waals surface area (Å²) < 4.78 is 5.26. The maximum absolute atomic E-state index is 13.4. The standard InChI is InChI=1S/C29H33NO9/c1-27-11-9-20(31)13-19(27)7-8-21-22-10-12-29(35,28(22,2)14-23(32)25(21)27)24(33)16-38-26(34)18-5-3-17(4-6-18)15-39-30(36)37/h3-6,9,11,13,21-23,25,32,35H,7-8,10,12,14-16H2,1-2H3/t21?,22?,23?,25?,27-,28-,29-/m0/s1. The zero-order valence-electron chi connectivity index (χ0n) is 22.0. The highest BCUT2D eigenvalue weighted by Crippen LogP contribution is 2.67. The maximum Gasteiger partial charge on any atom is 0.338 e. The van der Waals surface area contributed by atoms with Gasteiger partial charge in [0.15, 0.2) is 12.4 Å². The molecule has 0 radical (unpaired) electrons. The van der Waals surface area contributed by atoms with Crippen LogP contribution >= 0.6 is 0 Å². The second-order valence-corrected chi connectivity index (χ2v) is 11.8. The zero-order chi connectivity index (χ0) is 28.2. The highest BCUT2D eigenvalue weighted by molar-refractivity contribution is 6.01. The summed E-state index contributed by atoms with van der Waals surface area (Å²) in [6.07, 6.45) is 6.97. The Morgan fingerprint density at radius 3 is 2.59 bits per heavy atom. The topological polar surface area (TPSA) is 153 Å². The predicted molar refractivity (Wildman–Crippen MR) is 136 cm³/mol. The van der Waals surface area contributed by atoms with Crippen molar-refractivity contribution in [2.45, 2.75) is 64.3 Å². The largest absolute Gasteiger partial charge is 0.454 e. The van der Waals surface area contributed by atoms with Crippen LogP contribution in [-0.4, -0.2) is 51.1 Å². The van der Waals surface area contributed by atoms with E-state index in [4.69, 9.17) is 4.74 Å². The third-order valence-electron chi connectivity index (χ3n) is 9.97. The molecule has 3 saturated carbocycles. The molecule has 2 N–H and O–H groups in total. The first-order valence-electron chi connectivity index (χ1n) is 13.3. The number of ether oxygens (including phenoxy) is 1. The van der Waals surface area contributed by atoms with E-state index in [9.17, 15) is 34.7 Å². The van der Waals surface area contributed by atoms with Gasteiger partial charge in [-0.15, -0.1) is 10.1 Å². The van der Waals surface area contributed by atoms with E-state index in [0.29, 0.717) is 12.0 Å². The fraction of sp³-hybridized carbons (Fsp3) is 0.552. The molecule has 10 nitrogen and oxygen atoms in total. The van der Waals surface area contributed by atoms with Crippen molar-refractivity contribution in [3.05, 3.63) is 69.3 Å². The number of rotatable bonds is 7. The Hall–Kier alpha value is -3.37. The summed E-state index contributed by atoms with van der Waals surface area (Å²) in [5.41, 5.74) is -1.40. The molecule has 3 fully saturated rings. The molecular formula is C29H33NO9. The van der Waals surface area contributed by atoms with E-state index in [-0.39, 0.29) is 48.5 Å². The smallest absolute Gasteiger partial charge is 0.338 e. The van der Waals surface area contributed by atoms with Crippen LogP contribution in [0.25, 0.3) is 0 Å². The second-order valence-electron chi connectivity index (χ2n) is 11.8. The van der Waals surface area contributed by atoms with Crippen molar-refractivity contribution in [3.8, 4) is 0 Å². The van der Waals surface area contributed by atoms with Gasteiger partial charge in [-0.2, -0.15) is 0 Å². The van der Waals surface area contributed by atoms with Crippen LogP contribution in [0.5, 0.6) is 0 Å². The predicted octanol–water partition coefficient (Wildman–Crippen LogP) is 3.13. The summed E-state index contributed by atoms with van der Waals surface area (Å²) in [6, 6.07) is 5.82. The molecule has 5 rings (SSSR count). The molecule has 7 atom stereocenters. The number of carbonyl (C=O) groups excluding carboxylic acids is 3. The summed E-state index contributed by atoms with van der Waals surface area (Å²) in [5, 5.41) is 32.7. The zero-order valence-corrected chi connectivity index (χ0v) is 22.0. The molecule has 4 unspecified atom stereocenters. The highest BCUT2D eigenvalue weighted by Gasteiger charge is 2.68. The van der Waals surface area contributed by atoms with Gasteiger partial charge in [0, 0.05) is 16.7 Å². The van der Waals surface area contributed by atoms with E-state index >= 15 is 0 Å². The van der Waals surface area contributed by atoms with E-state index in [1.54, 1.807) is 12.2 Å². The van der Waals surface area contributed by atoms with Crippen molar-refractivity contribution in [3.63, 3.8) is 0 Å². The first kappa shape index (κ1) is 27.2. The van der Waals surface area contributed by atoms with Gasteiger partial charge in [-0.1, -0.05) is 37.6 Å². The lowest BCUT2D eigenvalue weighted by molar-refractivity contribution is -0.763. The maximum atomic E-state index is 13.4. The number of aliphatic hydroxyl groups excluding tert-OH is 1. The van der Waals surface area contributed by atoms with Crippen molar-refractivity contribution in [1.82, 2.24) is 0 Å². The third-order valence-corrected chi connectivity index (χ3v) is 9.97. The van der Waals surface area contributed by atoms with Gasteiger partial charge in [0.05, 0.1) is 11.7 Å². The van der Waals surface area contributed by atoms with Crippen LogP contribution in [0.15, 0.2) is 48.1 Å². The molecule has 0 aliphatic heterocycles. The van der Waals surface area contributed by atoms with Crippen LogP contribution in [0.2, 0.25) is 0 Å². The van der Waals surface area contributed by atoms with E-state index in [0.717, 1.165) is 18.4 Å². The van der Waals surface area contributed by atoms with E-state index in [2.05, 4.69) is 11.8 Å². The number of esters is 1. The Labute approximate surface area is 225 Å². The normalized spacial score (nSPS) is 36.7. The lowest BCUT2D eigenvalue weighted by Gasteiger charge is -2.59. The summed E-state index contributed by atoms with van der Waals surface area (Å²) >= 11 is 0. The monoisotopic (exact) mass is 539 g/mol. The summed E-state index contributed by atoms with van der Waals surface area (Å²) in [5.74, 6) is -1.43. The van der Waals surface area contributed by atoms with Crippen molar-refractivity contribution in [2.24, 2.45) is 28.6 Å². The minimum atomic E-state index is -1.75. The molecule has 1 aromatic rings. The van der Waals surface area contributed by atoms with Crippen molar-refractivity contribution >= 4 is 17.5 Å². The highest BCUT2D eigenvalue weighted by atomic mass is 16.9. The van der Waals surface area contributed by atoms with Crippen LogP contribution in [0, 0.1) is 38.7 Å². The molecule has 0 aromatic heterocycles. The lowest BCUT2D eigenvalue weighted by atomic mass is 9.46. The molecule has 208 valence electrons. The van der Waals surface area contributed by atoms with Gasteiger partial charge in [0.1, 0.15) is 12.2 Å². The van der Waals surface area contributed by atoms with Crippen LogP contribution in [-0.2, 0) is 25.8 Å². The first-order valence-corrected chi connectivity index (χ1v) is 13.3. The van der Waals surface area contributed by atoms with Crippen molar-refractivity contribution < 1.29 is 39.3 Å². The van der Waals surface area contributed by atoms with Gasteiger partial charge in [-0.25, -0.2) is 4.79 Å². The number of ketones is 2. The summed E-state index contributed by atoms with van der Waals surface area (Å²) in [7, 11) is 0. The molecule has 0 amide bonds. The van der Waals surface area contributed by atoms with Crippen LogP contribution in [0.3, 0.4) is 0 Å². The number of hydrogen-bond acceptors (Lipinski definition) is 9. The molecule has 0 bridgehead atoms. The number of benzene rings is 1. The molecule has 0 saturated heterocycles. The quantitative estimate of drug-likeness (QED) is 0.302. The number of nitrogens with zero attached hydrogens (tertiary/aromatic N) is 1. The average molecular weight is 540 g/mol. The van der Waals surface area contributed by atoms with E-state index in [1.807, 2.05) is 13.0 Å². The minimum absolute atomic E-state index is 0.00566. The molecule has 10 heteroatoms. The fourth-order valence-corrected chi connectivity index (χ4v) is 7.99. The number of Topliss-reactive ketones (excluding diaryl/α,β-unsaturated/α-hetero) is 1. The number of aliphatic hydroxyl groups is 2. The Kier molecular flexibility index (Phi) is 6.75. The molecule has 1 aromatic carbocycles. The molecule has 4 aliphatic rings. The molecule has 39 heavy (non-hydrogen) atoms. The average Bonchev–Trinajstić information content (AvgIpc) is 3.17. The Morgan fingerprint density at radius 2 is 1.90 bits per heavy atom. The number of hydrogen-bond donors (Lipinski definition) is 2. The van der Waals surface area contributed by atoms with Crippen molar-refractivity contribution in [1.29, 1.82) is 0 Å². The Morgan fingerprint density at radius 1 is 1.18 bits per heavy atom. The van der Waals surface area contributed by atoms with Crippen LogP contribution < -0.4 is 0 Å². The van der Waals surface area contributed by atoms with E-state index < -0.39 is 46.0 Å². The number of carbonyl (C=O) groups is 3. The van der Waals surface area contributed by atoms with Crippen molar-refractivity contribution in [2.75, 3.05) is 6.61 Å². The van der Waals surface area contributed by atoms with Crippen LogP contribution in [0.4, 0.5) is 0 Å². The van der Waals surface area contributed by atoms with E-state index in [1.165, 1.54) is 24.3 Å². The number of fused-ring (bicyclic) bond motifs is 5. The first-order chi connectivity index (χ1) is 18.4. The molecule has 4 aliphatic carbocycles. The molecule has 0 spiro atoms. The SMILES string of the molecule is C[C@]12C=CC(=O)C=C1CCC1C2C(O)C[C@@]2(C)C1CC[C@]2(O)C(=O)COC(=O)c1ccc(CO[N+](=O)[O-])cc1. The number of allylic oxidation sites excluding steroid dienone is 4. The Bertz CT molecular complexity index is 1270. The molecule has 0 heterocycles. The Balaban J connectivity index is 1.28. The summed E-state index contributed by atoms with van der Waals surface area (Å²) in [4.78, 5) is 52.6. The van der Waals surface area contributed by atoms with Gasteiger partial charge < -0.3 is 19.8 Å². The fourth-order valence-electron chi connectivity index (χ4n) is 7.99. The van der Waals surface area contributed by atoms with Gasteiger partial charge in [0.25, 0.3) is 5.09 Å². The molecular weight excluding hydrogens is 506 g/mol. The minimum Gasteiger partial charge on any atom is -0.454 e. The van der Waals surface area contributed by atoms with Gasteiger partial charge in [-0.05, 0) is 73.8 Å². The third kappa shape index (κ3) is 4.39. The van der Waals surface area contributed by atoms with Crippen LogP contribution in [0.1, 0.15) is 61.9 Å².